The number of carbonyl (C=O) groups excluding carboxylic acids is 1. The van der Waals surface area contributed by atoms with Crippen molar-refractivity contribution in [2.24, 2.45) is 5.92 Å². The lowest BCUT2D eigenvalue weighted by Gasteiger charge is -2.35. The highest BCUT2D eigenvalue weighted by molar-refractivity contribution is 6.30. The molecular weight excluding hydrogens is 316 g/mol. The third kappa shape index (κ3) is 5.68. The minimum Gasteiger partial charge on any atom is -0.453 e. The van der Waals surface area contributed by atoms with Crippen LogP contribution in [0.15, 0.2) is 24.3 Å². The third-order valence-electron chi connectivity index (χ3n) is 4.12. The maximum absolute atomic E-state index is 11.1. The molecule has 1 heterocycles. The molecule has 128 valence electrons. The van der Waals surface area contributed by atoms with Crippen LogP contribution in [0, 0.1) is 5.92 Å². The molecule has 0 aromatic heterocycles. The summed E-state index contributed by atoms with van der Waals surface area (Å²) in [6.45, 7) is 2.99. The summed E-state index contributed by atoms with van der Waals surface area (Å²) in [7, 11) is 3.49. The molecule has 23 heavy (non-hydrogen) atoms. The molecule has 1 aromatic rings. The second kappa shape index (κ2) is 9.11. The first kappa shape index (κ1) is 18.0. The number of alkyl carbamates (subject to hydrolysis) is 1. The van der Waals surface area contributed by atoms with E-state index in [1.165, 1.54) is 13.5 Å². The Kier molecular flexibility index (Phi) is 7.15. The molecule has 1 N–H and O–H groups in total. The van der Waals surface area contributed by atoms with E-state index in [1.54, 1.807) is 0 Å². The highest BCUT2D eigenvalue weighted by Gasteiger charge is 2.28. The first-order chi connectivity index (χ1) is 11.1. The van der Waals surface area contributed by atoms with Crippen LogP contribution < -0.4 is 5.32 Å². The highest BCUT2D eigenvalue weighted by Crippen LogP contribution is 2.33. The summed E-state index contributed by atoms with van der Waals surface area (Å²) in [6, 6.07) is 7.84. The number of nitrogens with zero attached hydrogens (tertiary/aromatic N) is 1. The molecule has 6 heteroatoms. The van der Waals surface area contributed by atoms with E-state index in [2.05, 4.69) is 28.1 Å². The van der Waals surface area contributed by atoms with Crippen molar-refractivity contribution in [3.8, 4) is 0 Å². The molecule has 1 aliphatic heterocycles. The van der Waals surface area contributed by atoms with Gasteiger partial charge < -0.3 is 19.7 Å². The number of likely N-dealkylation sites (tertiary alicyclic amines) is 1. The van der Waals surface area contributed by atoms with E-state index < -0.39 is 6.09 Å². The predicted octanol–water partition coefficient (Wildman–Crippen LogP) is 3.10. The zero-order valence-corrected chi connectivity index (χ0v) is 14.5. The van der Waals surface area contributed by atoms with Gasteiger partial charge in [-0.25, -0.2) is 4.79 Å². The maximum Gasteiger partial charge on any atom is 0.406 e. The van der Waals surface area contributed by atoms with Gasteiger partial charge in [-0.2, -0.15) is 0 Å². The fraction of sp³-hybridized carbons (Fsp3) is 0.588. The Bertz CT molecular complexity index is 512. The monoisotopic (exact) mass is 340 g/mol. The van der Waals surface area contributed by atoms with Crippen LogP contribution in [-0.4, -0.2) is 51.4 Å². The second-order valence-corrected chi connectivity index (χ2v) is 6.37. The molecule has 1 aliphatic rings. The number of methoxy groups -OCH3 is 1. The normalized spacial score (nSPS) is 20.0. The average Bonchev–Trinajstić information content (AvgIpc) is 2.54. The summed E-state index contributed by atoms with van der Waals surface area (Å²) < 4.78 is 10.7. The second-order valence-electron chi connectivity index (χ2n) is 5.93. The van der Waals surface area contributed by atoms with Crippen LogP contribution in [0.25, 0.3) is 0 Å². The Labute approximate surface area is 142 Å². The fourth-order valence-electron chi connectivity index (χ4n) is 3.05. The predicted molar refractivity (Wildman–Crippen MR) is 90.8 cm³/mol. The van der Waals surface area contributed by atoms with E-state index in [4.69, 9.17) is 16.3 Å². The number of halogens is 1. The van der Waals surface area contributed by atoms with Crippen LogP contribution in [0.1, 0.15) is 24.5 Å². The van der Waals surface area contributed by atoms with Gasteiger partial charge in [0.2, 0.25) is 0 Å². The van der Waals surface area contributed by atoms with Crippen LogP contribution in [0.3, 0.4) is 0 Å². The summed E-state index contributed by atoms with van der Waals surface area (Å²) in [4.78, 5) is 13.4. The van der Waals surface area contributed by atoms with Gasteiger partial charge in [-0.05, 0) is 44.1 Å². The standard InChI is InChI=1S/C17H25ClN2O3/c1-20-9-4-6-14(12-20)16(13-5-3-7-15(18)11-13)23-10-8-19-17(21)22-2/h3,5,7,11,14,16H,4,6,8-10,12H2,1-2H3,(H,19,21)/t14-,16+/m1/s1. The quantitative estimate of drug-likeness (QED) is 0.808. The van der Waals surface area contributed by atoms with Gasteiger partial charge >= 0.3 is 6.09 Å². The van der Waals surface area contributed by atoms with Gasteiger partial charge in [0, 0.05) is 24.0 Å². The molecule has 0 spiro atoms. The smallest absolute Gasteiger partial charge is 0.406 e. The van der Waals surface area contributed by atoms with Gasteiger partial charge in [0.15, 0.2) is 0 Å². The number of hydrogen-bond donors (Lipinski definition) is 1. The number of ether oxygens (including phenoxy) is 2. The molecule has 1 amide bonds. The fourth-order valence-corrected chi connectivity index (χ4v) is 3.25. The molecule has 1 saturated heterocycles. The topological polar surface area (TPSA) is 50.8 Å². The van der Waals surface area contributed by atoms with Crippen molar-refractivity contribution in [1.29, 1.82) is 0 Å². The minimum atomic E-state index is -0.440. The first-order valence-corrected chi connectivity index (χ1v) is 8.35. The molecule has 0 aliphatic carbocycles. The molecule has 2 rings (SSSR count). The molecule has 2 atom stereocenters. The number of amides is 1. The SMILES string of the molecule is COC(=O)NCCO[C@@H](c1cccc(Cl)c1)[C@@H]1CCCN(C)C1. The molecule has 0 saturated carbocycles. The Hall–Kier alpha value is -1.30. The van der Waals surface area contributed by atoms with Gasteiger partial charge in [0.1, 0.15) is 0 Å². The molecule has 0 bridgehead atoms. The number of carbonyl (C=O) groups is 1. The number of nitrogens with one attached hydrogen (secondary N) is 1. The number of rotatable bonds is 6. The van der Waals surface area contributed by atoms with Crippen LogP contribution in [0.2, 0.25) is 5.02 Å². The molecular formula is C17H25ClN2O3. The lowest BCUT2D eigenvalue weighted by Crippen LogP contribution is -2.36. The summed E-state index contributed by atoms with van der Waals surface area (Å²) in [5, 5.41) is 3.36. The summed E-state index contributed by atoms with van der Waals surface area (Å²) in [5.74, 6) is 0.422. The van der Waals surface area contributed by atoms with E-state index >= 15 is 0 Å². The van der Waals surface area contributed by atoms with Crippen molar-refractivity contribution in [2.45, 2.75) is 18.9 Å². The van der Waals surface area contributed by atoms with Gasteiger partial charge in [0.25, 0.3) is 0 Å². The Balaban J connectivity index is 2.00. The Morgan fingerprint density at radius 1 is 1.52 bits per heavy atom. The van der Waals surface area contributed by atoms with E-state index in [9.17, 15) is 4.79 Å². The van der Waals surface area contributed by atoms with Crippen molar-refractivity contribution in [3.05, 3.63) is 34.9 Å². The summed E-state index contributed by atoms with van der Waals surface area (Å²) in [5.41, 5.74) is 1.09. The van der Waals surface area contributed by atoms with Gasteiger partial charge in [0.05, 0.1) is 19.8 Å². The molecule has 1 fully saturated rings. The zero-order chi connectivity index (χ0) is 16.7. The van der Waals surface area contributed by atoms with Crippen molar-refractivity contribution in [2.75, 3.05) is 40.4 Å². The van der Waals surface area contributed by atoms with Gasteiger partial charge in [-0.1, -0.05) is 23.7 Å². The van der Waals surface area contributed by atoms with Crippen molar-refractivity contribution >= 4 is 17.7 Å². The largest absolute Gasteiger partial charge is 0.453 e. The molecule has 0 radical (unpaired) electrons. The zero-order valence-electron chi connectivity index (χ0n) is 13.8. The van der Waals surface area contributed by atoms with E-state index in [1.807, 2.05) is 18.2 Å². The summed E-state index contributed by atoms with van der Waals surface area (Å²) in [6.07, 6.45) is 1.84. The van der Waals surface area contributed by atoms with Crippen LogP contribution >= 0.6 is 11.6 Å². The maximum atomic E-state index is 11.1. The number of benzene rings is 1. The van der Waals surface area contributed by atoms with Crippen molar-refractivity contribution in [1.82, 2.24) is 10.2 Å². The van der Waals surface area contributed by atoms with Gasteiger partial charge in [-0.15, -0.1) is 0 Å². The number of piperidine rings is 1. The van der Waals surface area contributed by atoms with E-state index in [-0.39, 0.29) is 6.10 Å². The minimum absolute atomic E-state index is 0.0177. The molecule has 1 aromatic carbocycles. The van der Waals surface area contributed by atoms with Gasteiger partial charge in [-0.3, -0.25) is 0 Å². The lowest BCUT2D eigenvalue weighted by atomic mass is 9.88. The molecule has 5 nitrogen and oxygen atoms in total. The Morgan fingerprint density at radius 2 is 2.35 bits per heavy atom. The lowest BCUT2D eigenvalue weighted by molar-refractivity contribution is -0.0105. The summed E-state index contributed by atoms with van der Waals surface area (Å²) >= 11 is 6.14. The average molecular weight is 341 g/mol. The van der Waals surface area contributed by atoms with Crippen LogP contribution in [-0.2, 0) is 9.47 Å². The van der Waals surface area contributed by atoms with E-state index in [0.717, 1.165) is 25.1 Å². The third-order valence-corrected chi connectivity index (χ3v) is 4.36. The van der Waals surface area contributed by atoms with Crippen molar-refractivity contribution in [3.63, 3.8) is 0 Å². The highest BCUT2D eigenvalue weighted by atomic mass is 35.5. The van der Waals surface area contributed by atoms with Crippen LogP contribution in [0.4, 0.5) is 4.79 Å². The first-order valence-electron chi connectivity index (χ1n) is 7.97. The number of hydrogen-bond acceptors (Lipinski definition) is 4. The van der Waals surface area contributed by atoms with Crippen molar-refractivity contribution < 1.29 is 14.3 Å². The van der Waals surface area contributed by atoms with Crippen LogP contribution in [0.5, 0.6) is 0 Å². The Morgan fingerprint density at radius 3 is 3.04 bits per heavy atom. The molecule has 0 unspecified atom stereocenters. The van der Waals surface area contributed by atoms with E-state index in [0.29, 0.717) is 24.1 Å².